The molecule has 1 unspecified atom stereocenters. The van der Waals surface area contributed by atoms with Gasteiger partial charge in [0.2, 0.25) is 0 Å². The Labute approximate surface area is 95.2 Å². The molecule has 3 nitrogen and oxygen atoms in total. The van der Waals surface area contributed by atoms with Gasteiger partial charge in [0.1, 0.15) is 0 Å². The summed E-state index contributed by atoms with van der Waals surface area (Å²) in [5.74, 6) is -0.341. The van der Waals surface area contributed by atoms with Crippen molar-refractivity contribution in [1.29, 1.82) is 0 Å². The van der Waals surface area contributed by atoms with E-state index in [1.165, 1.54) is 0 Å². The normalized spacial score (nSPS) is 11.4. The third-order valence-corrected chi connectivity index (χ3v) is 1.35. The second-order valence-electron chi connectivity index (χ2n) is 3.02. The first kappa shape index (κ1) is 16.1. The molecule has 0 amide bonds. The van der Waals surface area contributed by atoms with Crippen LogP contribution in [0.25, 0.3) is 0 Å². The molecule has 0 aliphatic carbocycles. The van der Waals surface area contributed by atoms with Gasteiger partial charge in [0.05, 0.1) is 0 Å². The predicted octanol–water partition coefficient (Wildman–Crippen LogP) is 2.41. The number of nitrogens with zero attached hydrogens (tertiary/aromatic N) is 1. The Morgan fingerprint density at radius 3 is 2.14 bits per heavy atom. The van der Waals surface area contributed by atoms with Crippen LogP contribution in [0.1, 0.15) is 20.8 Å². The average Bonchev–Trinajstić information content (AvgIpc) is 2.05. The molecule has 0 N–H and O–H groups in total. The zero-order valence-corrected chi connectivity index (χ0v) is 11.2. The lowest BCUT2D eigenvalue weighted by molar-refractivity contribution is -0.150. The van der Waals surface area contributed by atoms with Gasteiger partial charge in [-0.05, 0) is 27.9 Å². The van der Waals surface area contributed by atoms with E-state index in [1.54, 1.807) is 18.7 Å². The van der Waals surface area contributed by atoms with E-state index in [2.05, 4.69) is 22.5 Å². The Hall–Kier alpha value is -0.350. The molecule has 0 aromatic heterocycles. The summed E-state index contributed by atoms with van der Waals surface area (Å²) < 4.78 is 4.96. The molecule has 0 bridgehead atoms. The van der Waals surface area contributed by atoms with Crippen molar-refractivity contribution in [3.05, 3.63) is 12.2 Å². The molecule has 0 spiro atoms. The monoisotopic (exact) mass is 265 g/mol. The lowest BCUT2D eigenvalue weighted by Crippen LogP contribution is -2.30. The Balaban J connectivity index is 0. The van der Waals surface area contributed by atoms with Gasteiger partial charge in [0.25, 0.3) is 0 Å². The summed E-state index contributed by atoms with van der Waals surface area (Å²) in [7, 11) is 3.69. The average molecular weight is 266 g/mol. The Morgan fingerprint density at radius 2 is 1.93 bits per heavy atom. The van der Waals surface area contributed by atoms with Crippen LogP contribution in [0.5, 0.6) is 0 Å². The van der Waals surface area contributed by atoms with E-state index in [0.717, 1.165) is 5.33 Å². The minimum absolute atomic E-state index is 0.195. The van der Waals surface area contributed by atoms with Gasteiger partial charge >= 0.3 is 5.97 Å². The van der Waals surface area contributed by atoms with E-state index in [0.29, 0.717) is 5.57 Å². The van der Waals surface area contributed by atoms with E-state index in [9.17, 15) is 4.79 Å². The number of carbonyl (C=O) groups excluding carboxylic acids is 1. The van der Waals surface area contributed by atoms with Gasteiger partial charge < -0.3 is 4.74 Å². The first-order chi connectivity index (χ1) is 6.36. The maximum atomic E-state index is 10.9. The second kappa shape index (κ2) is 9.21. The zero-order valence-electron chi connectivity index (χ0n) is 9.63. The zero-order chi connectivity index (χ0) is 11.7. The van der Waals surface area contributed by atoms with Crippen LogP contribution in [0.15, 0.2) is 12.2 Å². The van der Waals surface area contributed by atoms with E-state index in [-0.39, 0.29) is 12.2 Å². The minimum atomic E-state index is -0.341. The van der Waals surface area contributed by atoms with E-state index in [4.69, 9.17) is 4.74 Å². The molecular formula is C10H20BrNO2. The maximum Gasteiger partial charge on any atom is 0.334 e. The molecule has 1 atom stereocenters. The summed E-state index contributed by atoms with van der Waals surface area (Å²) in [4.78, 5) is 12.7. The molecule has 0 aromatic rings. The number of hydrogen-bond acceptors (Lipinski definition) is 3. The fourth-order valence-electron chi connectivity index (χ4n) is 0.361. The molecule has 0 fully saturated rings. The van der Waals surface area contributed by atoms with Crippen molar-refractivity contribution in [2.75, 3.05) is 19.4 Å². The fraction of sp³-hybridized carbons (Fsp3) is 0.700. The van der Waals surface area contributed by atoms with Crippen LogP contribution in [-0.4, -0.2) is 36.5 Å². The van der Waals surface area contributed by atoms with Crippen molar-refractivity contribution in [1.82, 2.24) is 4.90 Å². The van der Waals surface area contributed by atoms with Crippen molar-refractivity contribution in [2.24, 2.45) is 0 Å². The number of rotatable bonds is 3. The highest BCUT2D eigenvalue weighted by Gasteiger charge is 2.10. The van der Waals surface area contributed by atoms with E-state index < -0.39 is 0 Å². The number of alkyl halides is 1. The molecule has 84 valence electrons. The van der Waals surface area contributed by atoms with E-state index >= 15 is 0 Å². The number of halogens is 1. The van der Waals surface area contributed by atoms with Gasteiger partial charge in [-0.15, -0.1) is 0 Å². The van der Waals surface area contributed by atoms with E-state index in [1.807, 2.05) is 21.0 Å². The molecule has 14 heavy (non-hydrogen) atoms. The van der Waals surface area contributed by atoms with Crippen molar-refractivity contribution in [3.8, 4) is 0 Å². The summed E-state index contributed by atoms with van der Waals surface area (Å²) in [6, 6.07) is 0. The van der Waals surface area contributed by atoms with Crippen molar-refractivity contribution in [3.63, 3.8) is 0 Å². The van der Waals surface area contributed by atoms with Gasteiger partial charge in [0, 0.05) is 10.9 Å². The molecule has 0 heterocycles. The molecule has 0 saturated carbocycles. The molecule has 4 heteroatoms. The predicted molar refractivity (Wildman–Crippen MR) is 63.5 cm³/mol. The maximum absolute atomic E-state index is 10.9. The van der Waals surface area contributed by atoms with Crippen LogP contribution in [0.4, 0.5) is 0 Å². The number of carbonyl (C=O) groups is 1. The van der Waals surface area contributed by atoms with Crippen molar-refractivity contribution >= 4 is 21.9 Å². The standard InChI is InChI=1S/C8H15NO2.C2H5Br/c1-6(2)8(10)11-7(3)9(4)5;1-2-3/h7H,1H2,2-5H3;2H2,1H3. The summed E-state index contributed by atoms with van der Waals surface area (Å²) >= 11 is 3.15. The molecule has 0 aliphatic heterocycles. The van der Waals surface area contributed by atoms with Crippen LogP contribution in [0, 0.1) is 0 Å². The smallest absolute Gasteiger partial charge is 0.334 e. The van der Waals surface area contributed by atoms with Crippen molar-refractivity contribution < 1.29 is 9.53 Å². The van der Waals surface area contributed by atoms with Gasteiger partial charge in [-0.3, -0.25) is 4.90 Å². The summed E-state index contributed by atoms with van der Waals surface area (Å²) in [5.41, 5.74) is 0.429. The molecule has 0 rings (SSSR count). The Bertz CT molecular complexity index is 181. The highest BCUT2D eigenvalue weighted by atomic mass is 79.9. The van der Waals surface area contributed by atoms with Crippen molar-refractivity contribution in [2.45, 2.75) is 27.0 Å². The molecule has 0 aliphatic rings. The molecule has 0 saturated heterocycles. The number of esters is 1. The first-order valence-corrected chi connectivity index (χ1v) is 5.57. The summed E-state index contributed by atoms with van der Waals surface area (Å²) in [6.45, 7) is 8.95. The van der Waals surface area contributed by atoms with Gasteiger partial charge in [-0.2, -0.15) is 0 Å². The fourth-order valence-corrected chi connectivity index (χ4v) is 0.361. The molecular weight excluding hydrogens is 246 g/mol. The lowest BCUT2D eigenvalue weighted by atomic mass is 10.4. The first-order valence-electron chi connectivity index (χ1n) is 4.45. The number of ether oxygens (including phenoxy) is 1. The quantitative estimate of drug-likeness (QED) is 0.340. The van der Waals surface area contributed by atoms with Gasteiger partial charge in [-0.25, -0.2) is 4.79 Å². The largest absolute Gasteiger partial charge is 0.443 e. The molecule has 0 aromatic carbocycles. The van der Waals surface area contributed by atoms with Crippen LogP contribution in [-0.2, 0) is 9.53 Å². The number of hydrogen-bond donors (Lipinski definition) is 0. The van der Waals surface area contributed by atoms with Crippen LogP contribution >= 0.6 is 15.9 Å². The third kappa shape index (κ3) is 9.74. The second-order valence-corrected chi connectivity index (χ2v) is 4.14. The topological polar surface area (TPSA) is 29.5 Å². The lowest BCUT2D eigenvalue weighted by Gasteiger charge is -2.19. The summed E-state index contributed by atoms with van der Waals surface area (Å²) in [6.07, 6.45) is -0.195. The minimum Gasteiger partial charge on any atom is -0.443 e. The molecule has 0 radical (unpaired) electrons. The Morgan fingerprint density at radius 1 is 1.57 bits per heavy atom. The van der Waals surface area contributed by atoms with Gasteiger partial charge in [0.15, 0.2) is 6.23 Å². The van der Waals surface area contributed by atoms with Gasteiger partial charge in [-0.1, -0.05) is 29.4 Å². The van der Waals surface area contributed by atoms with Crippen LogP contribution < -0.4 is 0 Å². The van der Waals surface area contributed by atoms with Crippen LogP contribution in [0.3, 0.4) is 0 Å². The highest BCUT2D eigenvalue weighted by molar-refractivity contribution is 9.09. The summed E-state index contributed by atoms with van der Waals surface area (Å²) in [5, 5.41) is 1.06. The van der Waals surface area contributed by atoms with Crippen LogP contribution in [0.2, 0.25) is 0 Å². The Kier molecular flexibility index (Phi) is 10.6. The SMILES string of the molecule is C=C(C)C(=O)OC(C)N(C)C.CCBr. The third-order valence-electron chi connectivity index (χ3n) is 1.35. The highest BCUT2D eigenvalue weighted by Crippen LogP contribution is 1.99.